The molecule has 1 fully saturated rings. The Morgan fingerprint density at radius 1 is 1.62 bits per heavy atom. The number of carbonyl (C=O) groups is 2. The molecule has 1 heterocycles. The van der Waals surface area contributed by atoms with Crippen molar-refractivity contribution in [3.05, 3.63) is 0 Å². The molecule has 2 atom stereocenters. The smallest absolute Gasteiger partial charge is 0.438 e. The van der Waals surface area contributed by atoms with Gasteiger partial charge in [-0.25, -0.2) is 9.59 Å². The van der Waals surface area contributed by atoms with Gasteiger partial charge in [0.15, 0.2) is 0 Å². The summed E-state index contributed by atoms with van der Waals surface area (Å²) in [5, 5.41) is 0. The predicted octanol–water partition coefficient (Wildman–Crippen LogP) is 0.600. The van der Waals surface area contributed by atoms with Crippen LogP contribution < -0.4 is 0 Å². The Bertz CT molecular complexity index is 217. The zero-order valence-corrected chi connectivity index (χ0v) is 6.69. The van der Waals surface area contributed by atoms with Crippen LogP contribution in [0.2, 0.25) is 0 Å². The second-order valence-corrected chi connectivity index (χ2v) is 2.14. The standard InChI is InChI=1S/C6H7FO6/c1-10-5(8)11-2-3-4(7)13-6(9)12-3/h3-4H,2H2,1H3. The first kappa shape index (κ1) is 9.56. The molecule has 0 spiro atoms. The molecule has 74 valence electrons. The average molecular weight is 194 g/mol. The average Bonchev–Trinajstić information content (AvgIpc) is 2.41. The number of halogens is 1. The monoisotopic (exact) mass is 194 g/mol. The Morgan fingerprint density at radius 2 is 2.31 bits per heavy atom. The van der Waals surface area contributed by atoms with Crippen LogP contribution in [-0.4, -0.2) is 38.5 Å². The van der Waals surface area contributed by atoms with Crippen molar-refractivity contribution in [1.82, 2.24) is 0 Å². The zero-order chi connectivity index (χ0) is 9.84. The van der Waals surface area contributed by atoms with Crippen molar-refractivity contribution >= 4 is 12.3 Å². The van der Waals surface area contributed by atoms with Crippen molar-refractivity contribution in [2.45, 2.75) is 12.5 Å². The van der Waals surface area contributed by atoms with E-state index in [9.17, 15) is 14.0 Å². The van der Waals surface area contributed by atoms with Crippen LogP contribution in [0.15, 0.2) is 0 Å². The summed E-state index contributed by atoms with van der Waals surface area (Å²) < 4.78 is 29.3. The van der Waals surface area contributed by atoms with Gasteiger partial charge in [-0.15, -0.1) is 0 Å². The van der Waals surface area contributed by atoms with Crippen molar-refractivity contribution in [1.29, 1.82) is 0 Å². The molecule has 0 N–H and O–H groups in total. The lowest BCUT2D eigenvalue weighted by molar-refractivity contribution is -0.0115. The zero-order valence-electron chi connectivity index (χ0n) is 6.69. The molecule has 2 unspecified atom stereocenters. The molecule has 0 radical (unpaired) electrons. The third-order valence-electron chi connectivity index (χ3n) is 1.28. The van der Waals surface area contributed by atoms with Gasteiger partial charge in [0.05, 0.1) is 7.11 Å². The highest BCUT2D eigenvalue weighted by Crippen LogP contribution is 2.16. The normalized spacial score (nSPS) is 26.2. The van der Waals surface area contributed by atoms with Gasteiger partial charge in [0.1, 0.15) is 6.61 Å². The molecular formula is C6H7FO6. The summed E-state index contributed by atoms with van der Waals surface area (Å²) in [7, 11) is 1.10. The Balaban J connectivity index is 2.29. The van der Waals surface area contributed by atoms with Gasteiger partial charge in [-0.1, -0.05) is 0 Å². The minimum Gasteiger partial charge on any atom is -0.438 e. The highest BCUT2D eigenvalue weighted by molar-refractivity contribution is 5.62. The molecule has 6 nitrogen and oxygen atoms in total. The lowest BCUT2D eigenvalue weighted by atomic mass is 10.4. The molecule has 0 aromatic carbocycles. The third-order valence-corrected chi connectivity index (χ3v) is 1.28. The van der Waals surface area contributed by atoms with E-state index in [-0.39, 0.29) is 0 Å². The third kappa shape index (κ3) is 2.46. The van der Waals surface area contributed by atoms with Crippen molar-refractivity contribution in [3.63, 3.8) is 0 Å². The first-order valence-corrected chi connectivity index (χ1v) is 3.35. The molecule has 0 aromatic heterocycles. The van der Waals surface area contributed by atoms with E-state index >= 15 is 0 Å². The first-order valence-electron chi connectivity index (χ1n) is 3.35. The van der Waals surface area contributed by atoms with Gasteiger partial charge < -0.3 is 18.9 Å². The largest absolute Gasteiger partial charge is 0.511 e. The number of carbonyl (C=O) groups excluding carboxylic acids is 2. The Morgan fingerprint density at radius 3 is 2.77 bits per heavy atom. The van der Waals surface area contributed by atoms with Crippen LogP contribution >= 0.6 is 0 Å². The number of cyclic esters (lactones) is 2. The van der Waals surface area contributed by atoms with Crippen molar-refractivity contribution < 1.29 is 32.9 Å². The van der Waals surface area contributed by atoms with Crippen LogP contribution in [0.1, 0.15) is 0 Å². The molecule has 0 saturated carbocycles. The van der Waals surface area contributed by atoms with Crippen LogP contribution in [0.5, 0.6) is 0 Å². The van der Waals surface area contributed by atoms with E-state index in [0.717, 1.165) is 7.11 Å². The molecule has 0 bridgehead atoms. The van der Waals surface area contributed by atoms with Gasteiger partial charge in [0.2, 0.25) is 6.10 Å². The first-order chi connectivity index (χ1) is 6.13. The maximum absolute atomic E-state index is 12.6. The molecule has 0 amide bonds. The molecule has 1 aliphatic heterocycles. The molecule has 7 heteroatoms. The molecule has 1 aliphatic rings. The van der Waals surface area contributed by atoms with Gasteiger partial charge in [-0.05, 0) is 0 Å². The second kappa shape index (κ2) is 3.92. The summed E-state index contributed by atoms with van der Waals surface area (Å²) in [4.78, 5) is 20.7. The van der Waals surface area contributed by atoms with E-state index in [0.29, 0.717) is 0 Å². The lowest BCUT2D eigenvalue weighted by Crippen LogP contribution is -2.25. The van der Waals surface area contributed by atoms with Crippen LogP contribution in [0.4, 0.5) is 14.0 Å². The lowest BCUT2D eigenvalue weighted by Gasteiger charge is -2.07. The van der Waals surface area contributed by atoms with Gasteiger partial charge >= 0.3 is 12.3 Å². The summed E-state index contributed by atoms with van der Waals surface area (Å²) in [6.45, 7) is -0.431. The molecule has 0 aliphatic carbocycles. The molecule has 1 saturated heterocycles. The van der Waals surface area contributed by atoms with Gasteiger partial charge in [0, 0.05) is 0 Å². The van der Waals surface area contributed by atoms with Crippen LogP contribution in [0, 0.1) is 0 Å². The summed E-state index contributed by atoms with van der Waals surface area (Å²) in [5.74, 6) is 0. The van der Waals surface area contributed by atoms with E-state index in [4.69, 9.17) is 0 Å². The molecule has 13 heavy (non-hydrogen) atoms. The summed E-state index contributed by atoms with van der Waals surface area (Å²) in [5.41, 5.74) is 0. The van der Waals surface area contributed by atoms with Gasteiger partial charge in [0.25, 0.3) is 6.36 Å². The fraction of sp³-hybridized carbons (Fsp3) is 0.667. The van der Waals surface area contributed by atoms with E-state index in [1.165, 1.54) is 0 Å². The predicted molar refractivity (Wildman–Crippen MR) is 34.6 cm³/mol. The quantitative estimate of drug-likeness (QED) is 0.599. The highest BCUT2D eigenvalue weighted by Gasteiger charge is 2.37. The fourth-order valence-electron chi connectivity index (χ4n) is 0.691. The summed E-state index contributed by atoms with van der Waals surface area (Å²) in [6.07, 6.45) is -5.22. The van der Waals surface area contributed by atoms with Crippen molar-refractivity contribution in [2.75, 3.05) is 13.7 Å². The summed E-state index contributed by atoms with van der Waals surface area (Å²) >= 11 is 0. The topological polar surface area (TPSA) is 71.1 Å². The van der Waals surface area contributed by atoms with E-state index in [1.54, 1.807) is 0 Å². The van der Waals surface area contributed by atoms with Gasteiger partial charge in [-0.2, -0.15) is 4.39 Å². The number of rotatable bonds is 2. The van der Waals surface area contributed by atoms with Crippen molar-refractivity contribution in [2.24, 2.45) is 0 Å². The number of alkyl halides is 1. The number of hydrogen-bond donors (Lipinski definition) is 0. The highest BCUT2D eigenvalue weighted by atomic mass is 19.1. The van der Waals surface area contributed by atoms with Gasteiger partial charge in [-0.3, -0.25) is 0 Å². The molecule has 0 aromatic rings. The Hall–Kier alpha value is -1.53. The number of methoxy groups -OCH3 is 1. The van der Waals surface area contributed by atoms with Crippen LogP contribution in [0.25, 0.3) is 0 Å². The minimum atomic E-state index is -1.91. The van der Waals surface area contributed by atoms with Crippen molar-refractivity contribution in [3.8, 4) is 0 Å². The summed E-state index contributed by atoms with van der Waals surface area (Å²) in [6, 6.07) is 0. The Labute approximate surface area is 72.5 Å². The van der Waals surface area contributed by atoms with E-state index in [2.05, 4.69) is 18.9 Å². The Kier molecular flexibility index (Phi) is 2.88. The van der Waals surface area contributed by atoms with E-state index < -0.39 is 31.4 Å². The number of hydrogen-bond acceptors (Lipinski definition) is 6. The molecular weight excluding hydrogens is 187 g/mol. The van der Waals surface area contributed by atoms with E-state index in [1.807, 2.05) is 0 Å². The SMILES string of the molecule is COC(=O)OCC1OC(=O)OC1F. The number of ether oxygens (including phenoxy) is 4. The minimum absolute atomic E-state index is 0.431. The second-order valence-electron chi connectivity index (χ2n) is 2.14. The maximum atomic E-state index is 12.6. The maximum Gasteiger partial charge on any atom is 0.511 e. The molecule has 1 rings (SSSR count). The fourth-order valence-corrected chi connectivity index (χ4v) is 0.691. The van der Waals surface area contributed by atoms with Crippen LogP contribution in [-0.2, 0) is 18.9 Å². The van der Waals surface area contributed by atoms with Crippen LogP contribution in [0.3, 0.4) is 0 Å².